The van der Waals surface area contributed by atoms with Gasteiger partial charge in [-0.15, -0.1) is 0 Å². The molecule has 2 fully saturated rings. The molecule has 9 nitrogen and oxygen atoms in total. The number of amides is 3. The number of hydrazine groups is 1. The highest BCUT2D eigenvalue weighted by atomic mass is 35.5. The lowest BCUT2D eigenvalue weighted by Crippen LogP contribution is -2.52. The van der Waals surface area contributed by atoms with Gasteiger partial charge in [0.2, 0.25) is 0 Å². The molecule has 1 aromatic rings. The standard InChI is InChI=1S/C27H43ClN4O5/c1-29-32(15-6-9-21-8-3-4-16-36-20-21)27(34)31-14-7-11-23(19-31)25(22-10-5-12-24(28)18-22)37-17-13-30-26(33)35-2/h5,10,12,18,21,23,25,29H,3-4,6-9,11,13-17,19-20H2,1-2H3,(H,30,33)/t21?,23?,25-/m0/s1. The smallest absolute Gasteiger partial charge is 0.406 e. The van der Waals surface area contributed by atoms with Gasteiger partial charge >= 0.3 is 12.1 Å². The maximum absolute atomic E-state index is 13.4. The first-order valence-corrected chi connectivity index (χ1v) is 13.9. The number of ether oxygens (including phenoxy) is 3. The van der Waals surface area contributed by atoms with E-state index in [-0.39, 0.29) is 18.1 Å². The van der Waals surface area contributed by atoms with Gasteiger partial charge in [0.15, 0.2) is 0 Å². The van der Waals surface area contributed by atoms with Crippen LogP contribution in [0.5, 0.6) is 0 Å². The van der Waals surface area contributed by atoms with Crippen LogP contribution in [0.2, 0.25) is 5.02 Å². The molecule has 2 saturated heterocycles. The molecular weight excluding hydrogens is 496 g/mol. The van der Waals surface area contributed by atoms with Crippen LogP contribution in [-0.4, -0.2) is 82.2 Å². The van der Waals surface area contributed by atoms with Gasteiger partial charge in [-0.1, -0.05) is 30.2 Å². The fourth-order valence-corrected chi connectivity index (χ4v) is 5.44. The lowest BCUT2D eigenvalue weighted by Gasteiger charge is -2.39. The molecule has 0 aliphatic carbocycles. The van der Waals surface area contributed by atoms with Gasteiger partial charge in [0.25, 0.3) is 0 Å². The van der Waals surface area contributed by atoms with E-state index in [0.29, 0.717) is 37.2 Å². The van der Waals surface area contributed by atoms with Crippen molar-refractivity contribution < 1.29 is 23.8 Å². The van der Waals surface area contributed by atoms with Crippen molar-refractivity contribution in [1.82, 2.24) is 20.7 Å². The van der Waals surface area contributed by atoms with E-state index in [0.717, 1.165) is 57.4 Å². The molecule has 0 radical (unpaired) electrons. The van der Waals surface area contributed by atoms with Crippen molar-refractivity contribution in [2.24, 2.45) is 11.8 Å². The predicted octanol–water partition coefficient (Wildman–Crippen LogP) is 4.62. The summed E-state index contributed by atoms with van der Waals surface area (Å²) in [6.07, 6.45) is 6.70. The third-order valence-corrected chi connectivity index (χ3v) is 7.42. The Labute approximate surface area is 226 Å². The molecule has 0 bridgehead atoms. The first kappa shape index (κ1) is 29.5. The Morgan fingerprint density at radius 2 is 2.14 bits per heavy atom. The van der Waals surface area contributed by atoms with Crippen LogP contribution in [0.25, 0.3) is 0 Å². The SMILES string of the molecule is CNN(CCCC1CCCCOC1)C(=O)N1CCCC([C@@H](OCCNC(=O)OC)c2cccc(Cl)c2)C1. The van der Waals surface area contributed by atoms with Crippen molar-refractivity contribution in [3.05, 3.63) is 34.9 Å². The average molecular weight is 539 g/mol. The molecule has 208 valence electrons. The normalized spacial score (nSPS) is 21.1. The summed E-state index contributed by atoms with van der Waals surface area (Å²) in [5.74, 6) is 0.691. The second-order valence-electron chi connectivity index (χ2n) is 9.85. The fraction of sp³-hybridized carbons (Fsp3) is 0.704. The van der Waals surface area contributed by atoms with E-state index < -0.39 is 6.09 Å². The Kier molecular flexibility index (Phi) is 12.8. The summed E-state index contributed by atoms with van der Waals surface area (Å²) >= 11 is 6.29. The minimum atomic E-state index is -0.490. The number of rotatable bonds is 11. The minimum absolute atomic E-state index is 0.00141. The number of alkyl carbamates (subject to hydrolysis) is 1. The van der Waals surface area contributed by atoms with Crippen LogP contribution in [0, 0.1) is 11.8 Å². The molecule has 10 heteroatoms. The average Bonchev–Trinajstić information content (AvgIpc) is 3.19. The Bertz CT molecular complexity index is 837. The van der Waals surface area contributed by atoms with Crippen LogP contribution in [-0.2, 0) is 14.2 Å². The fourth-order valence-electron chi connectivity index (χ4n) is 5.24. The number of urea groups is 1. The van der Waals surface area contributed by atoms with Crippen molar-refractivity contribution in [2.75, 3.05) is 60.2 Å². The van der Waals surface area contributed by atoms with Gasteiger partial charge in [0.1, 0.15) is 0 Å². The van der Waals surface area contributed by atoms with E-state index in [1.54, 1.807) is 12.1 Å². The second kappa shape index (κ2) is 16.0. The Hall–Kier alpha value is -2.07. The number of hydrogen-bond donors (Lipinski definition) is 2. The Morgan fingerprint density at radius 3 is 2.92 bits per heavy atom. The molecule has 3 amide bonds. The first-order chi connectivity index (χ1) is 18.0. The maximum Gasteiger partial charge on any atom is 0.406 e. The zero-order valence-corrected chi connectivity index (χ0v) is 23.0. The summed E-state index contributed by atoms with van der Waals surface area (Å²) in [5.41, 5.74) is 4.07. The van der Waals surface area contributed by atoms with E-state index in [4.69, 9.17) is 21.1 Å². The van der Waals surface area contributed by atoms with Gasteiger partial charge in [0.05, 0.1) is 19.8 Å². The number of carbonyl (C=O) groups excluding carboxylic acids is 2. The van der Waals surface area contributed by atoms with E-state index in [1.807, 2.05) is 29.2 Å². The number of nitrogens with zero attached hydrogens (tertiary/aromatic N) is 2. The summed E-state index contributed by atoms with van der Waals surface area (Å²) < 4.78 is 16.6. The number of likely N-dealkylation sites (tertiary alicyclic amines) is 1. The molecule has 37 heavy (non-hydrogen) atoms. The molecule has 2 N–H and O–H groups in total. The van der Waals surface area contributed by atoms with Crippen LogP contribution < -0.4 is 10.7 Å². The number of halogens is 1. The van der Waals surface area contributed by atoms with E-state index >= 15 is 0 Å². The molecule has 0 saturated carbocycles. The van der Waals surface area contributed by atoms with Crippen LogP contribution in [0.1, 0.15) is 56.6 Å². The van der Waals surface area contributed by atoms with E-state index in [2.05, 4.69) is 15.5 Å². The summed E-state index contributed by atoms with van der Waals surface area (Å²) in [4.78, 5) is 26.8. The van der Waals surface area contributed by atoms with Gasteiger partial charge in [-0.3, -0.25) is 5.01 Å². The number of methoxy groups -OCH3 is 1. The highest BCUT2D eigenvalue weighted by Crippen LogP contribution is 2.34. The third kappa shape index (κ3) is 9.63. The van der Waals surface area contributed by atoms with Crippen LogP contribution >= 0.6 is 11.6 Å². The van der Waals surface area contributed by atoms with E-state index in [1.165, 1.54) is 20.0 Å². The quantitative estimate of drug-likeness (QED) is 0.315. The molecular formula is C27H43ClN4O5. The summed E-state index contributed by atoms with van der Waals surface area (Å²) in [5, 5.41) is 5.02. The molecule has 2 aliphatic rings. The highest BCUT2D eigenvalue weighted by Gasteiger charge is 2.33. The largest absolute Gasteiger partial charge is 0.453 e. The number of hydrogen-bond acceptors (Lipinski definition) is 6. The van der Waals surface area contributed by atoms with Crippen LogP contribution in [0.4, 0.5) is 9.59 Å². The van der Waals surface area contributed by atoms with Gasteiger partial charge in [-0.05, 0) is 62.1 Å². The Balaban J connectivity index is 1.58. The van der Waals surface area contributed by atoms with Gasteiger partial charge in [-0.25, -0.2) is 15.0 Å². The van der Waals surface area contributed by atoms with Crippen LogP contribution in [0.3, 0.4) is 0 Å². The molecule has 0 spiro atoms. The summed E-state index contributed by atoms with van der Waals surface area (Å²) in [6, 6.07) is 7.67. The number of piperidine rings is 1. The molecule has 2 aliphatic heterocycles. The molecule has 3 atom stereocenters. The molecule has 0 aromatic heterocycles. The lowest BCUT2D eigenvalue weighted by atomic mass is 9.88. The van der Waals surface area contributed by atoms with Crippen LogP contribution in [0.15, 0.2) is 24.3 Å². The topological polar surface area (TPSA) is 92.4 Å². The first-order valence-electron chi connectivity index (χ1n) is 13.5. The monoisotopic (exact) mass is 538 g/mol. The molecule has 1 aromatic carbocycles. The van der Waals surface area contributed by atoms with Gasteiger partial charge < -0.3 is 24.4 Å². The van der Waals surface area contributed by atoms with Gasteiger partial charge in [0, 0.05) is 57.4 Å². The lowest BCUT2D eigenvalue weighted by molar-refractivity contribution is -0.0115. The van der Waals surface area contributed by atoms with Gasteiger partial charge in [-0.2, -0.15) is 0 Å². The number of nitrogens with one attached hydrogen (secondary N) is 2. The second-order valence-corrected chi connectivity index (χ2v) is 10.3. The van der Waals surface area contributed by atoms with Crippen molar-refractivity contribution in [2.45, 2.75) is 51.0 Å². The number of benzene rings is 1. The zero-order valence-electron chi connectivity index (χ0n) is 22.3. The summed E-state index contributed by atoms with van der Waals surface area (Å²) in [6.45, 7) is 4.34. The van der Waals surface area contributed by atoms with Crippen molar-refractivity contribution in [1.29, 1.82) is 0 Å². The van der Waals surface area contributed by atoms with Crippen molar-refractivity contribution >= 4 is 23.7 Å². The van der Waals surface area contributed by atoms with E-state index in [9.17, 15) is 9.59 Å². The zero-order chi connectivity index (χ0) is 26.5. The Morgan fingerprint density at radius 1 is 1.27 bits per heavy atom. The number of carbonyl (C=O) groups is 2. The third-order valence-electron chi connectivity index (χ3n) is 7.19. The molecule has 2 heterocycles. The highest BCUT2D eigenvalue weighted by molar-refractivity contribution is 6.30. The molecule has 3 rings (SSSR count). The predicted molar refractivity (Wildman–Crippen MR) is 143 cm³/mol. The minimum Gasteiger partial charge on any atom is -0.453 e. The molecule has 2 unspecified atom stereocenters. The maximum atomic E-state index is 13.4. The summed E-state index contributed by atoms with van der Waals surface area (Å²) in [7, 11) is 3.14. The van der Waals surface area contributed by atoms with Crippen molar-refractivity contribution in [3.8, 4) is 0 Å². The van der Waals surface area contributed by atoms with Crippen molar-refractivity contribution in [3.63, 3.8) is 0 Å².